The van der Waals surface area contributed by atoms with Gasteiger partial charge < -0.3 is 9.51 Å². The fourth-order valence-electron chi connectivity index (χ4n) is 2.07. The molecule has 0 radical (unpaired) electrons. The van der Waals surface area contributed by atoms with Crippen molar-refractivity contribution in [2.75, 3.05) is 0 Å². The molecule has 0 unspecified atom stereocenters. The standard InChI is InChI=1S/C13H9N5OS/c1-4-14-12-9(1)10(2-5-15-12)13-16-11(17-19-13)7-8-3-6-20-18-8/h1-6H,7H2,(H,14,15). The highest BCUT2D eigenvalue weighted by Gasteiger charge is 2.13. The van der Waals surface area contributed by atoms with Crippen LogP contribution in [0, 0.1) is 0 Å². The van der Waals surface area contributed by atoms with Gasteiger partial charge in [0.25, 0.3) is 5.89 Å². The van der Waals surface area contributed by atoms with Gasteiger partial charge in [-0.25, -0.2) is 4.98 Å². The van der Waals surface area contributed by atoms with Gasteiger partial charge in [-0.2, -0.15) is 9.36 Å². The van der Waals surface area contributed by atoms with E-state index in [1.807, 2.05) is 29.8 Å². The highest BCUT2D eigenvalue weighted by atomic mass is 32.1. The number of rotatable bonds is 3. The lowest BCUT2D eigenvalue weighted by atomic mass is 10.2. The minimum atomic E-state index is 0.502. The lowest BCUT2D eigenvalue weighted by Gasteiger charge is -1.95. The average molecular weight is 283 g/mol. The van der Waals surface area contributed by atoms with Crippen molar-refractivity contribution in [2.45, 2.75) is 6.42 Å². The zero-order chi connectivity index (χ0) is 13.4. The molecule has 4 heterocycles. The second kappa shape index (κ2) is 4.53. The molecule has 0 aliphatic heterocycles. The van der Waals surface area contributed by atoms with Crippen LogP contribution in [0.5, 0.6) is 0 Å². The molecule has 0 atom stereocenters. The summed E-state index contributed by atoms with van der Waals surface area (Å²) in [6, 6.07) is 5.77. The molecule has 0 saturated heterocycles. The predicted octanol–water partition coefficient (Wildman–Crippen LogP) is 2.66. The van der Waals surface area contributed by atoms with Gasteiger partial charge in [-0.15, -0.1) is 0 Å². The van der Waals surface area contributed by atoms with Crippen LogP contribution in [0.1, 0.15) is 11.5 Å². The molecule has 20 heavy (non-hydrogen) atoms. The summed E-state index contributed by atoms with van der Waals surface area (Å²) < 4.78 is 9.59. The number of hydrogen-bond donors (Lipinski definition) is 1. The molecule has 4 rings (SSSR count). The maximum Gasteiger partial charge on any atom is 0.258 e. The maximum atomic E-state index is 5.35. The fourth-order valence-corrected chi connectivity index (χ4v) is 2.61. The molecule has 4 aromatic heterocycles. The predicted molar refractivity (Wildman–Crippen MR) is 74.3 cm³/mol. The summed E-state index contributed by atoms with van der Waals surface area (Å²) >= 11 is 1.42. The van der Waals surface area contributed by atoms with E-state index >= 15 is 0 Å². The Morgan fingerprint density at radius 2 is 2.25 bits per heavy atom. The molecule has 0 aliphatic rings. The Morgan fingerprint density at radius 3 is 3.15 bits per heavy atom. The largest absolute Gasteiger partial charge is 0.346 e. The number of H-pyrrole nitrogens is 1. The first-order chi connectivity index (χ1) is 9.90. The molecule has 6 nitrogen and oxygen atoms in total. The van der Waals surface area contributed by atoms with Gasteiger partial charge in [-0.1, -0.05) is 5.16 Å². The van der Waals surface area contributed by atoms with E-state index in [9.17, 15) is 0 Å². The van der Waals surface area contributed by atoms with E-state index in [0.29, 0.717) is 18.1 Å². The van der Waals surface area contributed by atoms with Crippen LogP contribution in [0.4, 0.5) is 0 Å². The minimum absolute atomic E-state index is 0.502. The molecule has 0 bridgehead atoms. The third-order valence-corrected chi connectivity index (χ3v) is 3.59. The molecule has 98 valence electrons. The van der Waals surface area contributed by atoms with Gasteiger partial charge in [-0.05, 0) is 29.7 Å². The van der Waals surface area contributed by atoms with E-state index in [-0.39, 0.29) is 0 Å². The van der Waals surface area contributed by atoms with Crippen LogP contribution in [0.15, 0.2) is 40.5 Å². The lowest BCUT2D eigenvalue weighted by Crippen LogP contribution is -1.90. The first-order valence-corrected chi connectivity index (χ1v) is 6.88. The first-order valence-electron chi connectivity index (χ1n) is 6.04. The molecule has 1 N–H and O–H groups in total. The fraction of sp³-hybridized carbons (Fsp3) is 0.0769. The van der Waals surface area contributed by atoms with E-state index < -0.39 is 0 Å². The van der Waals surface area contributed by atoms with Crippen molar-refractivity contribution in [1.29, 1.82) is 0 Å². The van der Waals surface area contributed by atoms with Crippen LogP contribution < -0.4 is 0 Å². The topological polar surface area (TPSA) is 80.5 Å². The van der Waals surface area contributed by atoms with Crippen LogP contribution >= 0.6 is 11.5 Å². The first kappa shape index (κ1) is 11.3. The van der Waals surface area contributed by atoms with Crippen molar-refractivity contribution in [2.24, 2.45) is 0 Å². The smallest absolute Gasteiger partial charge is 0.258 e. The molecule has 0 aromatic carbocycles. The van der Waals surface area contributed by atoms with Crippen molar-refractivity contribution in [3.63, 3.8) is 0 Å². The Hall–Kier alpha value is -2.54. The summed E-state index contributed by atoms with van der Waals surface area (Å²) in [6.07, 6.45) is 4.14. The van der Waals surface area contributed by atoms with E-state index in [4.69, 9.17) is 4.52 Å². The Morgan fingerprint density at radius 1 is 1.25 bits per heavy atom. The second-order valence-corrected chi connectivity index (χ2v) is 4.95. The Labute approximate surface area is 117 Å². The molecule has 0 spiro atoms. The number of pyridine rings is 1. The maximum absolute atomic E-state index is 5.35. The van der Waals surface area contributed by atoms with Gasteiger partial charge in [0.1, 0.15) is 5.65 Å². The zero-order valence-electron chi connectivity index (χ0n) is 10.3. The van der Waals surface area contributed by atoms with E-state index in [1.54, 1.807) is 6.20 Å². The van der Waals surface area contributed by atoms with Gasteiger partial charge in [0.05, 0.1) is 17.7 Å². The van der Waals surface area contributed by atoms with Crippen LogP contribution in [0.25, 0.3) is 22.5 Å². The summed E-state index contributed by atoms with van der Waals surface area (Å²) in [6.45, 7) is 0. The lowest BCUT2D eigenvalue weighted by molar-refractivity contribution is 0.424. The van der Waals surface area contributed by atoms with E-state index in [2.05, 4.69) is 24.5 Å². The number of nitrogens with one attached hydrogen (secondary N) is 1. The van der Waals surface area contributed by atoms with Crippen LogP contribution in [0.3, 0.4) is 0 Å². The highest BCUT2D eigenvalue weighted by molar-refractivity contribution is 7.03. The number of nitrogens with zero attached hydrogens (tertiary/aromatic N) is 4. The molecule has 0 saturated carbocycles. The van der Waals surface area contributed by atoms with Gasteiger partial charge >= 0.3 is 0 Å². The molecule has 0 fully saturated rings. The summed E-state index contributed by atoms with van der Waals surface area (Å²) in [4.78, 5) is 11.7. The number of aromatic nitrogens is 5. The third kappa shape index (κ3) is 1.88. The van der Waals surface area contributed by atoms with Crippen LogP contribution in [-0.4, -0.2) is 24.5 Å². The molecular weight excluding hydrogens is 274 g/mol. The van der Waals surface area contributed by atoms with Crippen molar-refractivity contribution < 1.29 is 4.52 Å². The van der Waals surface area contributed by atoms with Crippen molar-refractivity contribution in [1.82, 2.24) is 24.5 Å². The van der Waals surface area contributed by atoms with Gasteiger partial charge in [0, 0.05) is 23.2 Å². The zero-order valence-corrected chi connectivity index (χ0v) is 11.1. The van der Waals surface area contributed by atoms with E-state index in [1.165, 1.54) is 11.5 Å². The van der Waals surface area contributed by atoms with Crippen molar-refractivity contribution in [3.05, 3.63) is 47.5 Å². The minimum Gasteiger partial charge on any atom is -0.346 e. The summed E-state index contributed by atoms with van der Waals surface area (Å²) in [5.74, 6) is 1.13. The molecule has 0 amide bonds. The summed E-state index contributed by atoms with van der Waals surface area (Å²) in [5.41, 5.74) is 2.64. The van der Waals surface area contributed by atoms with Crippen LogP contribution in [0.2, 0.25) is 0 Å². The SMILES string of the molecule is c1cc(-c2nc(Cc3ccsn3)no2)c2cc[nH]c2n1. The van der Waals surface area contributed by atoms with Gasteiger partial charge in [0.15, 0.2) is 5.82 Å². The number of fused-ring (bicyclic) bond motifs is 1. The van der Waals surface area contributed by atoms with Crippen LogP contribution in [-0.2, 0) is 6.42 Å². The van der Waals surface area contributed by atoms with Crippen molar-refractivity contribution in [3.8, 4) is 11.5 Å². The molecule has 7 heteroatoms. The quantitative estimate of drug-likeness (QED) is 0.625. The van der Waals surface area contributed by atoms with Gasteiger partial charge in [-0.3, -0.25) is 0 Å². The Bertz CT molecular complexity index is 849. The summed E-state index contributed by atoms with van der Waals surface area (Å²) in [5, 5.41) is 6.91. The average Bonchev–Trinajstić information content (AvgIpc) is 3.19. The van der Waals surface area contributed by atoms with Crippen molar-refractivity contribution >= 4 is 22.6 Å². The second-order valence-electron chi connectivity index (χ2n) is 4.28. The Balaban J connectivity index is 1.72. The third-order valence-electron chi connectivity index (χ3n) is 2.99. The monoisotopic (exact) mass is 283 g/mol. The summed E-state index contributed by atoms with van der Waals surface area (Å²) in [7, 11) is 0. The Kier molecular flexibility index (Phi) is 2.56. The molecule has 4 aromatic rings. The highest BCUT2D eigenvalue weighted by Crippen LogP contribution is 2.25. The van der Waals surface area contributed by atoms with E-state index in [0.717, 1.165) is 22.3 Å². The molecular formula is C13H9N5OS. The normalized spacial score (nSPS) is 11.2. The number of hydrogen-bond acceptors (Lipinski definition) is 6. The molecule has 0 aliphatic carbocycles. The number of aromatic amines is 1. The van der Waals surface area contributed by atoms with Gasteiger partial charge in [0.2, 0.25) is 0 Å².